The number of nitrogens with one attached hydrogen (secondary N) is 1. The zero-order valence-corrected chi connectivity index (χ0v) is 36.5. The van der Waals surface area contributed by atoms with Crippen molar-refractivity contribution in [1.29, 1.82) is 0 Å². The maximum atomic E-state index is 11.6. The van der Waals surface area contributed by atoms with E-state index in [1.165, 1.54) is 23.5 Å². The number of halogens is 3. The van der Waals surface area contributed by atoms with Crippen molar-refractivity contribution < 1.29 is 59.4 Å². The van der Waals surface area contributed by atoms with Crippen molar-refractivity contribution in [2.75, 3.05) is 43.1 Å². The molecule has 4 aliphatic rings. The third-order valence-corrected chi connectivity index (χ3v) is 11.4. The summed E-state index contributed by atoms with van der Waals surface area (Å²) in [5, 5.41) is 43.6. The van der Waals surface area contributed by atoms with Gasteiger partial charge in [0.05, 0.1) is 65.3 Å². The molecular weight excluding hydrogens is 883 g/mol. The second kappa shape index (κ2) is 22.4. The number of aromatic nitrogens is 4. The first kappa shape index (κ1) is 38.6. The maximum Gasteiger partial charge on any atom is 0.348 e. The number of thioether (sulfide) groups is 2. The van der Waals surface area contributed by atoms with E-state index in [1.54, 1.807) is 27.7 Å². The summed E-state index contributed by atoms with van der Waals surface area (Å²) in [6.45, 7) is -1.58. The molecule has 2 aliphatic heterocycles. The highest BCUT2D eigenvalue weighted by Gasteiger charge is 2.55. The summed E-state index contributed by atoms with van der Waals surface area (Å²) in [7, 11) is 0. The van der Waals surface area contributed by atoms with Crippen LogP contribution >= 0.6 is 58.3 Å². The molecule has 2 aliphatic carbocycles. The van der Waals surface area contributed by atoms with Crippen LogP contribution in [-0.2, 0) is 28.4 Å². The number of fused-ring (bicyclic) bond motifs is 2. The zero-order valence-electron chi connectivity index (χ0n) is 40.5. The monoisotopic (exact) mass is 940 g/mol. The molecule has 0 aromatic carbocycles. The van der Waals surface area contributed by atoms with Crippen LogP contribution in [0.3, 0.4) is 0 Å². The summed E-state index contributed by atoms with van der Waals surface area (Å²) in [5.41, 5.74) is 4.94. The van der Waals surface area contributed by atoms with Gasteiger partial charge in [-0.3, -0.25) is 20.2 Å². The molecule has 8 atom stereocenters. The van der Waals surface area contributed by atoms with Crippen LogP contribution in [0.2, 0.25) is 15.5 Å². The summed E-state index contributed by atoms with van der Waals surface area (Å²) < 4.78 is 92.4. The summed E-state index contributed by atoms with van der Waals surface area (Å²) >= 11 is 20.0. The molecule has 6 rings (SSSR count). The number of nitrogens with two attached hydrogens (primary N) is 1. The van der Waals surface area contributed by atoms with Crippen LogP contribution in [0.5, 0.6) is 0 Å². The highest BCUT2D eigenvalue weighted by Crippen LogP contribution is 2.43. The Kier molecular flexibility index (Phi) is 14.6. The normalized spacial score (nSPS) is 30.2. The summed E-state index contributed by atoms with van der Waals surface area (Å²) in [6, 6.07) is -1.06. The van der Waals surface area contributed by atoms with Crippen molar-refractivity contribution >= 4 is 75.5 Å². The van der Waals surface area contributed by atoms with Gasteiger partial charge in [0, 0.05) is 17.5 Å². The second-order valence-corrected chi connectivity index (χ2v) is 17.1. The number of hydrogen-bond acceptors (Lipinski definition) is 20. The Bertz CT molecular complexity index is 2070. The quantitative estimate of drug-likeness (QED) is 0.0537. The summed E-state index contributed by atoms with van der Waals surface area (Å²) in [6.07, 6.45) is -2.26. The van der Waals surface area contributed by atoms with Gasteiger partial charge < -0.3 is 49.7 Å². The van der Waals surface area contributed by atoms with Crippen molar-refractivity contribution in [3.63, 3.8) is 0 Å². The molecule has 4 fully saturated rings. The van der Waals surface area contributed by atoms with Gasteiger partial charge >= 0.3 is 11.4 Å². The first-order valence-electron chi connectivity index (χ1n) is 22.0. The predicted molar refractivity (Wildman–Crippen MR) is 220 cm³/mol. The Morgan fingerprint density at radius 3 is 1.68 bits per heavy atom. The topological polar surface area (TPSA) is 272 Å². The molecule has 332 valence electrons. The number of anilines is 1. The lowest BCUT2D eigenvalue weighted by Crippen LogP contribution is -2.35. The highest BCUT2D eigenvalue weighted by atomic mass is 35.5. The predicted octanol–water partition coefficient (Wildman–Crippen LogP) is 5.43. The van der Waals surface area contributed by atoms with E-state index in [0.717, 1.165) is 18.6 Å². The third kappa shape index (κ3) is 13.5. The Morgan fingerprint density at radius 2 is 1.20 bits per heavy atom. The van der Waals surface area contributed by atoms with Crippen molar-refractivity contribution in [3.05, 3.63) is 35.7 Å². The fourth-order valence-electron chi connectivity index (χ4n) is 6.38. The smallest absolute Gasteiger partial charge is 0.348 e. The van der Waals surface area contributed by atoms with E-state index in [2.05, 4.69) is 25.3 Å². The van der Waals surface area contributed by atoms with Crippen LogP contribution in [0.4, 0.5) is 17.2 Å². The van der Waals surface area contributed by atoms with E-state index in [9.17, 15) is 25.3 Å². The Hall–Kier alpha value is -2.03. The number of aliphatic hydroxyl groups is 2. The van der Waals surface area contributed by atoms with Crippen LogP contribution in [-0.4, -0.2) is 138 Å². The van der Waals surface area contributed by atoms with E-state index < -0.39 is 102 Å². The maximum absolute atomic E-state index is 11.6. The molecule has 59 heavy (non-hydrogen) atoms. The van der Waals surface area contributed by atoms with Crippen molar-refractivity contribution in [2.45, 2.75) is 138 Å². The number of rotatable bonds is 16. The highest BCUT2D eigenvalue weighted by molar-refractivity contribution is 7.99. The SMILES string of the molecule is CCCSc1nc(Cl)c([N+](=O)[O-])c(Cl)n1.[2H]C([2H])(O)C([2H])([2H])O[C@H]1C[C@@H](N)[C@@H]2OC(C)(C)O[C@@H]21.[2H]C([2H])(O)C([2H])([2H])O[C@H]1C[C@@H](Nc2nc(SCCC)nc(Cl)c2[N+](=O)[O-])[C@@H]2OC(C)(C)O[C@@H]21. The third-order valence-electron chi connectivity index (χ3n) is 8.54. The molecule has 0 bridgehead atoms. The minimum atomic E-state index is -3.27. The average molecular weight is 942 g/mol. The van der Waals surface area contributed by atoms with Crippen molar-refractivity contribution in [2.24, 2.45) is 5.73 Å². The van der Waals surface area contributed by atoms with Crippen LogP contribution < -0.4 is 11.1 Å². The lowest BCUT2D eigenvalue weighted by atomic mass is 10.2. The van der Waals surface area contributed by atoms with E-state index in [0.29, 0.717) is 10.9 Å². The molecule has 2 saturated carbocycles. The van der Waals surface area contributed by atoms with Crippen molar-refractivity contribution in [3.8, 4) is 0 Å². The van der Waals surface area contributed by atoms with Crippen LogP contribution in [0.15, 0.2) is 10.3 Å². The molecular formula is C34H51Cl3N8O12S2. The molecule has 2 aromatic rings. The first-order chi connectivity index (χ1) is 30.6. The van der Waals surface area contributed by atoms with Gasteiger partial charge in [-0.2, -0.15) is 4.98 Å². The Morgan fingerprint density at radius 1 is 0.780 bits per heavy atom. The molecule has 2 saturated heterocycles. The van der Waals surface area contributed by atoms with E-state index in [4.69, 9.17) is 85.0 Å². The molecule has 0 unspecified atom stereocenters. The van der Waals surface area contributed by atoms with Crippen LogP contribution in [0.25, 0.3) is 0 Å². The summed E-state index contributed by atoms with van der Waals surface area (Å²) in [4.78, 5) is 36.6. The minimum Gasteiger partial charge on any atom is -0.394 e. The lowest BCUT2D eigenvalue weighted by Gasteiger charge is -2.24. The van der Waals surface area contributed by atoms with Gasteiger partial charge in [0.15, 0.2) is 21.9 Å². The molecule has 20 nitrogen and oxygen atoms in total. The number of nitro groups is 2. The van der Waals surface area contributed by atoms with Gasteiger partial charge in [0.1, 0.15) is 24.4 Å². The van der Waals surface area contributed by atoms with Gasteiger partial charge in [0.25, 0.3) is 0 Å². The molecule has 0 amide bonds. The molecule has 0 radical (unpaired) electrons. The summed E-state index contributed by atoms with van der Waals surface area (Å²) in [5.74, 6) is -0.540. The van der Waals surface area contributed by atoms with E-state index >= 15 is 0 Å². The van der Waals surface area contributed by atoms with Crippen molar-refractivity contribution in [1.82, 2.24) is 19.9 Å². The largest absolute Gasteiger partial charge is 0.394 e. The van der Waals surface area contributed by atoms with Gasteiger partial charge in [-0.15, -0.1) is 0 Å². The minimum absolute atomic E-state index is 0.0250. The zero-order chi connectivity index (χ0) is 50.8. The average Bonchev–Trinajstić information content (AvgIpc) is 3.85. The van der Waals surface area contributed by atoms with E-state index in [1.807, 2.05) is 13.8 Å². The van der Waals surface area contributed by atoms with Gasteiger partial charge in [-0.05, 0) is 53.4 Å². The molecule has 5 N–H and O–H groups in total. The molecule has 4 heterocycles. The fraction of sp³-hybridized carbons (Fsp3) is 0.765. The fourth-order valence-corrected chi connectivity index (χ4v) is 8.69. The standard InChI is InChI=1S/C17H25ClN4O6S.C10H19NO4.C7H7Cl2N3O2S/c1-4-7-29-16-20-14(18)11(22(24)25)15(21-16)19-9-8-10(26-6-5-23)13-12(9)27-17(2,3)28-13;1-10(2)14-8-6(11)5-7(9(8)15-10)13-4-3-12;1-2-3-15-7-10-5(8)4(12(13)14)6(9)11-7/h9-10,12-13,23H,4-8H2,1-3H3,(H,19,20,21);6-9,12H,3-5,11H2,1-2H3;2-3H2,1H3/t9-,10+,12+,13-;6-,7+,8+,9-;/m11./s1/i5D2,6D2;3D2,4D2;. The first-order valence-corrected chi connectivity index (χ1v) is 21.1. The Balaban J connectivity index is 0.000000243. The molecule has 2 aromatic heterocycles. The lowest BCUT2D eigenvalue weighted by molar-refractivity contribution is -0.385. The molecule has 0 spiro atoms. The van der Waals surface area contributed by atoms with Gasteiger partial charge in [-0.25, -0.2) is 15.0 Å². The van der Waals surface area contributed by atoms with Crippen LogP contribution in [0, 0.1) is 20.2 Å². The number of hydrogen-bond donors (Lipinski definition) is 4. The second-order valence-electron chi connectivity index (χ2n) is 13.9. The molecule has 25 heteroatoms. The number of nitrogens with zero attached hydrogens (tertiary/aromatic N) is 6. The van der Waals surface area contributed by atoms with Crippen LogP contribution in [0.1, 0.15) is 78.2 Å². The number of ether oxygens (including phenoxy) is 6. The van der Waals surface area contributed by atoms with Gasteiger partial charge in [-0.1, -0.05) is 72.2 Å². The Labute approximate surface area is 376 Å². The van der Waals surface area contributed by atoms with E-state index in [-0.39, 0.29) is 45.3 Å². The van der Waals surface area contributed by atoms with Gasteiger partial charge in [0.2, 0.25) is 21.3 Å².